The van der Waals surface area contributed by atoms with Crippen molar-refractivity contribution in [1.82, 2.24) is 9.62 Å². The number of hydrogen-bond acceptors (Lipinski definition) is 6. The van der Waals surface area contributed by atoms with Gasteiger partial charge in [-0.3, -0.25) is 10.1 Å². The number of hydrogen-bond donors (Lipinski definition) is 1. The fourth-order valence-corrected chi connectivity index (χ4v) is 4.64. The first kappa shape index (κ1) is 18.3. The molecule has 1 heterocycles. The molecule has 0 bridgehead atoms. The van der Waals surface area contributed by atoms with Crippen LogP contribution < -0.4 is 4.72 Å². The van der Waals surface area contributed by atoms with Gasteiger partial charge in [0.2, 0.25) is 10.0 Å². The van der Waals surface area contributed by atoms with E-state index in [1.807, 2.05) is 32.8 Å². The molecule has 0 amide bonds. The maximum Gasteiger partial charge on any atom is 0.300 e. The molecule has 0 aliphatic heterocycles. The van der Waals surface area contributed by atoms with Crippen molar-refractivity contribution in [2.24, 2.45) is 5.92 Å². The van der Waals surface area contributed by atoms with Crippen LogP contribution >= 0.6 is 22.9 Å². The van der Waals surface area contributed by atoms with Crippen LogP contribution in [0.5, 0.6) is 0 Å². The average Bonchev–Trinajstić information content (AvgIpc) is 2.71. The number of halogens is 1. The normalized spacial score (nSPS) is 13.9. The molecular weight excluding hydrogens is 338 g/mol. The Balaban J connectivity index is 2.92. The second kappa shape index (κ2) is 7.01. The van der Waals surface area contributed by atoms with Crippen LogP contribution in [0.2, 0.25) is 4.34 Å². The van der Waals surface area contributed by atoms with Gasteiger partial charge in [0.25, 0.3) is 5.69 Å². The molecular formula is C11H18ClN3O4S2. The molecule has 0 radical (unpaired) electrons. The topological polar surface area (TPSA) is 92.5 Å². The smallest absolute Gasteiger partial charge is 0.300 e. The average molecular weight is 356 g/mol. The molecule has 1 aromatic heterocycles. The van der Waals surface area contributed by atoms with E-state index in [-0.39, 0.29) is 27.1 Å². The van der Waals surface area contributed by atoms with Gasteiger partial charge in [-0.15, -0.1) is 11.3 Å². The van der Waals surface area contributed by atoms with Gasteiger partial charge < -0.3 is 4.90 Å². The molecule has 0 aromatic carbocycles. The van der Waals surface area contributed by atoms with Gasteiger partial charge in [0, 0.05) is 18.7 Å². The molecule has 10 heteroatoms. The highest BCUT2D eigenvalue weighted by Crippen LogP contribution is 2.36. The van der Waals surface area contributed by atoms with E-state index < -0.39 is 20.6 Å². The van der Waals surface area contributed by atoms with Crippen molar-refractivity contribution < 1.29 is 13.3 Å². The fraction of sp³-hybridized carbons (Fsp3) is 0.636. The third-order valence-electron chi connectivity index (χ3n) is 3.02. The summed E-state index contributed by atoms with van der Waals surface area (Å²) >= 11 is 6.36. The van der Waals surface area contributed by atoms with Crippen molar-refractivity contribution in [2.75, 3.05) is 20.6 Å². The first-order chi connectivity index (χ1) is 9.56. The maximum atomic E-state index is 12.2. The molecule has 0 saturated carbocycles. The fourth-order valence-electron chi connectivity index (χ4n) is 1.88. The lowest BCUT2D eigenvalue weighted by molar-refractivity contribution is -0.384. The van der Waals surface area contributed by atoms with Crippen molar-refractivity contribution in [3.63, 3.8) is 0 Å². The Morgan fingerprint density at radius 1 is 1.48 bits per heavy atom. The van der Waals surface area contributed by atoms with Crippen LogP contribution in [0.25, 0.3) is 0 Å². The van der Waals surface area contributed by atoms with Crippen molar-refractivity contribution in [2.45, 2.75) is 24.1 Å². The van der Waals surface area contributed by atoms with Crippen LogP contribution in [0.1, 0.15) is 13.8 Å². The molecule has 1 rings (SSSR count). The minimum Gasteiger partial charge on any atom is -0.305 e. The zero-order chi connectivity index (χ0) is 16.4. The summed E-state index contributed by atoms with van der Waals surface area (Å²) in [6.07, 6.45) is 0. The van der Waals surface area contributed by atoms with Crippen LogP contribution in [-0.2, 0) is 10.0 Å². The van der Waals surface area contributed by atoms with Gasteiger partial charge in [0.15, 0.2) is 4.34 Å². The quantitative estimate of drug-likeness (QED) is 0.597. The van der Waals surface area contributed by atoms with E-state index in [1.54, 1.807) is 0 Å². The van der Waals surface area contributed by atoms with Crippen molar-refractivity contribution in [3.05, 3.63) is 20.5 Å². The number of rotatable bonds is 7. The van der Waals surface area contributed by atoms with E-state index in [0.717, 1.165) is 6.07 Å². The predicted octanol–water partition coefficient (Wildman–Crippen LogP) is 2.17. The monoisotopic (exact) mass is 355 g/mol. The molecule has 0 aliphatic rings. The summed E-state index contributed by atoms with van der Waals surface area (Å²) in [7, 11) is -0.0708. The van der Waals surface area contributed by atoms with Gasteiger partial charge in [-0.25, -0.2) is 13.1 Å². The summed E-state index contributed by atoms with van der Waals surface area (Å²) in [5, 5.41) is 10.7. The van der Waals surface area contributed by atoms with Crippen LogP contribution in [0.3, 0.4) is 0 Å². The molecule has 0 saturated heterocycles. The van der Waals surface area contributed by atoms with Crippen molar-refractivity contribution >= 4 is 38.6 Å². The number of nitrogens with one attached hydrogen (secondary N) is 1. The molecule has 0 spiro atoms. The third kappa shape index (κ3) is 4.62. The van der Waals surface area contributed by atoms with Crippen LogP contribution in [0, 0.1) is 16.0 Å². The number of nitro groups is 1. The molecule has 0 fully saturated rings. The summed E-state index contributed by atoms with van der Waals surface area (Å²) in [5.41, 5.74) is -0.393. The molecule has 1 aromatic rings. The molecule has 120 valence electrons. The Morgan fingerprint density at radius 2 is 2.05 bits per heavy atom. The zero-order valence-corrected chi connectivity index (χ0v) is 14.5. The summed E-state index contributed by atoms with van der Waals surface area (Å²) in [4.78, 5) is 11.9. The van der Waals surface area contributed by atoms with Gasteiger partial charge >= 0.3 is 0 Å². The highest BCUT2D eigenvalue weighted by atomic mass is 35.5. The van der Waals surface area contributed by atoms with Gasteiger partial charge in [-0.05, 0) is 20.0 Å². The van der Waals surface area contributed by atoms with E-state index in [2.05, 4.69) is 4.72 Å². The van der Waals surface area contributed by atoms with E-state index in [0.29, 0.717) is 11.3 Å². The lowest BCUT2D eigenvalue weighted by atomic mass is 10.0. The molecule has 1 unspecified atom stereocenters. The summed E-state index contributed by atoms with van der Waals surface area (Å²) < 4.78 is 26.5. The number of likely N-dealkylation sites (N-methyl/N-ethyl adjacent to an activating group) is 1. The maximum absolute atomic E-state index is 12.2. The van der Waals surface area contributed by atoms with Crippen molar-refractivity contribution in [1.29, 1.82) is 0 Å². The lowest BCUT2D eigenvalue weighted by Gasteiger charge is -2.27. The van der Waals surface area contributed by atoms with Gasteiger partial charge in [0.1, 0.15) is 4.21 Å². The molecule has 1 N–H and O–H groups in total. The first-order valence-corrected chi connectivity index (χ1v) is 8.84. The lowest BCUT2D eigenvalue weighted by Crippen LogP contribution is -2.43. The molecule has 0 aliphatic carbocycles. The third-order valence-corrected chi connectivity index (χ3v) is 6.26. The molecule has 21 heavy (non-hydrogen) atoms. The number of thiophene rings is 1. The standard InChI is InChI=1S/C11H18ClN3O4S2/c1-7(2)9(14(3)4)6-13-21(18,19)10-5-8(15(16)17)11(12)20-10/h5,7,9,13H,6H2,1-4H3. The van der Waals surface area contributed by atoms with Crippen LogP contribution in [0.15, 0.2) is 10.3 Å². The molecule has 7 nitrogen and oxygen atoms in total. The van der Waals surface area contributed by atoms with Gasteiger partial charge in [-0.1, -0.05) is 25.4 Å². The minimum atomic E-state index is -3.80. The number of sulfonamides is 1. The molecule has 1 atom stereocenters. The van der Waals surface area contributed by atoms with Crippen LogP contribution in [0.4, 0.5) is 5.69 Å². The zero-order valence-electron chi connectivity index (χ0n) is 12.2. The second-order valence-corrected chi connectivity index (χ2v) is 8.76. The van der Waals surface area contributed by atoms with Gasteiger partial charge in [-0.2, -0.15) is 0 Å². The minimum absolute atomic E-state index is 0.0187. The van der Waals surface area contributed by atoms with E-state index in [4.69, 9.17) is 11.6 Å². The van der Waals surface area contributed by atoms with E-state index in [1.165, 1.54) is 0 Å². The first-order valence-electron chi connectivity index (χ1n) is 6.16. The highest BCUT2D eigenvalue weighted by molar-refractivity contribution is 7.91. The summed E-state index contributed by atoms with van der Waals surface area (Å²) in [5.74, 6) is 0.254. The Hall–Kier alpha value is -0.740. The predicted molar refractivity (Wildman–Crippen MR) is 83.5 cm³/mol. The van der Waals surface area contributed by atoms with Gasteiger partial charge in [0.05, 0.1) is 4.92 Å². The SMILES string of the molecule is CC(C)C(CNS(=O)(=O)c1cc([N+](=O)[O-])c(Cl)s1)N(C)C. The van der Waals surface area contributed by atoms with E-state index in [9.17, 15) is 18.5 Å². The summed E-state index contributed by atoms with van der Waals surface area (Å²) in [6, 6.07) is 1.00. The second-order valence-electron chi connectivity index (χ2n) is 5.11. The largest absolute Gasteiger partial charge is 0.305 e. The Morgan fingerprint density at radius 3 is 2.43 bits per heavy atom. The number of nitrogens with zero attached hydrogens (tertiary/aromatic N) is 2. The summed E-state index contributed by atoms with van der Waals surface area (Å²) in [6.45, 7) is 4.20. The van der Waals surface area contributed by atoms with E-state index >= 15 is 0 Å². The Bertz CT molecular complexity index is 605. The van der Waals surface area contributed by atoms with Crippen molar-refractivity contribution in [3.8, 4) is 0 Å². The Labute approximate surface area is 133 Å². The Kier molecular flexibility index (Phi) is 6.11. The van der Waals surface area contributed by atoms with Crippen LogP contribution in [-0.4, -0.2) is 44.9 Å². The highest BCUT2D eigenvalue weighted by Gasteiger charge is 2.26.